The molecule has 0 unspecified atom stereocenters. The average Bonchev–Trinajstić information content (AvgIpc) is 2.44. The molecule has 0 bridgehead atoms. The summed E-state index contributed by atoms with van der Waals surface area (Å²) in [6, 6.07) is 0. The predicted octanol–water partition coefficient (Wildman–Crippen LogP) is 2.59. The molecule has 0 aliphatic rings. The summed E-state index contributed by atoms with van der Waals surface area (Å²) < 4.78 is 0. The van der Waals surface area contributed by atoms with Gasteiger partial charge in [-0.3, -0.25) is 0 Å². The van der Waals surface area contributed by atoms with Gasteiger partial charge in [0.1, 0.15) is 0 Å². The van der Waals surface area contributed by atoms with Gasteiger partial charge in [-0.15, -0.1) is 25.4 Å². The fourth-order valence-corrected chi connectivity index (χ4v) is 0.462. The Labute approximate surface area is 164 Å². The molecule has 0 fully saturated rings. The summed E-state index contributed by atoms with van der Waals surface area (Å²) in [5.74, 6) is 0. The van der Waals surface area contributed by atoms with Gasteiger partial charge in [-0.2, -0.15) is 0 Å². The van der Waals surface area contributed by atoms with Crippen molar-refractivity contribution in [1.82, 2.24) is 0 Å². The second-order valence-electron chi connectivity index (χ2n) is 2.53. The third-order valence-corrected chi connectivity index (χ3v) is 0.924. The normalized spacial score (nSPS) is 8.36. The number of rotatable bonds is 4. The maximum atomic E-state index is 3.56. The zero-order chi connectivity index (χ0) is 16.5. The van der Waals surface area contributed by atoms with Gasteiger partial charge >= 0.3 is 42.1 Å². The van der Waals surface area contributed by atoms with Crippen LogP contribution < -0.4 is 0 Å². The zero-order valence-corrected chi connectivity index (χ0v) is 18.7. The predicted molar refractivity (Wildman–Crippen MR) is 94.8 cm³/mol. The van der Waals surface area contributed by atoms with Crippen LogP contribution in [0.5, 0.6) is 0 Å². The van der Waals surface area contributed by atoms with Gasteiger partial charge in [-0.05, 0) is 0 Å². The minimum Gasteiger partial charge on any atom is -0.475 e. The van der Waals surface area contributed by atoms with E-state index in [9.17, 15) is 0 Å². The van der Waals surface area contributed by atoms with Crippen LogP contribution in [-0.2, 0) is 42.1 Å². The van der Waals surface area contributed by atoms with Crippen molar-refractivity contribution >= 4 is 25.4 Å². The standard InChI is InChI=1S/4C3H7N2.2Mo/c4*1-4-3-5-2;;/h4*3H,1-2H3;;/q4*-1;2*+2. The monoisotopic (exact) mass is 480 g/mol. The van der Waals surface area contributed by atoms with Crippen LogP contribution in [0, 0.1) is 0 Å². The largest absolute Gasteiger partial charge is 2.00 e. The molecule has 128 valence electrons. The summed E-state index contributed by atoms with van der Waals surface area (Å²) in [7, 11) is 13.5. The average molecular weight is 476 g/mol. The molecule has 0 rings (SSSR count). The summed E-state index contributed by atoms with van der Waals surface area (Å²) in [5, 5.41) is 14.2. The Morgan fingerprint density at radius 3 is 0.591 bits per heavy atom. The van der Waals surface area contributed by atoms with Crippen LogP contribution in [0.1, 0.15) is 0 Å². The fraction of sp³-hybridized carbons (Fsp3) is 0.667. The first kappa shape index (κ1) is 37.5. The molecule has 0 saturated carbocycles. The molecule has 0 N–H and O–H groups in total. The molecule has 8 nitrogen and oxygen atoms in total. The van der Waals surface area contributed by atoms with Gasteiger partial charge in [0, 0.05) is 0 Å². The Bertz CT molecular complexity index is 185. The van der Waals surface area contributed by atoms with E-state index in [1.807, 2.05) is 0 Å². The Morgan fingerprint density at radius 1 is 0.455 bits per heavy atom. The molecule has 10 heteroatoms. The molecule has 0 aliphatic heterocycles. The van der Waals surface area contributed by atoms with Crippen LogP contribution in [0.15, 0.2) is 20.0 Å². The number of hydrogen-bond donors (Lipinski definition) is 0. The fourth-order valence-electron chi connectivity index (χ4n) is 0.462. The van der Waals surface area contributed by atoms with Crippen LogP contribution in [-0.4, -0.2) is 81.7 Å². The van der Waals surface area contributed by atoms with Crippen LogP contribution in [0.4, 0.5) is 0 Å². The Morgan fingerprint density at radius 2 is 0.591 bits per heavy atom. The summed E-state index contributed by atoms with van der Waals surface area (Å²) in [6.45, 7) is 0. The second-order valence-corrected chi connectivity index (χ2v) is 2.53. The van der Waals surface area contributed by atoms with E-state index in [1.165, 1.54) is 25.4 Å². The summed E-state index contributed by atoms with van der Waals surface area (Å²) in [4.78, 5) is 14.2. The zero-order valence-electron chi connectivity index (χ0n) is 14.7. The van der Waals surface area contributed by atoms with Crippen LogP contribution in [0.25, 0.3) is 21.3 Å². The van der Waals surface area contributed by atoms with E-state index in [1.54, 1.807) is 56.4 Å². The molecule has 0 amide bonds. The molecule has 0 aromatic rings. The topological polar surface area (TPSA) is 106 Å². The Balaban J connectivity index is -0.0000000376. The van der Waals surface area contributed by atoms with Gasteiger partial charge in [-0.25, -0.2) is 0 Å². The van der Waals surface area contributed by atoms with Gasteiger partial charge in [0.2, 0.25) is 0 Å². The van der Waals surface area contributed by atoms with Crippen molar-refractivity contribution in [3.05, 3.63) is 21.3 Å². The summed E-state index contributed by atoms with van der Waals surface area (Å²) in [5.41, 5.74) is 0. The van der Waals surface area contributed by atoms with Gasteiger partial charge < -0.3 is 41.2 Å². The van der Waals surface area contributed by atoms with Crippen molar-refractivity contribution in [3.8, 4) is 0 Å². The molecule has 0 radical (unpaired) electrons. The van der Waals surface area contributed by atoms with E-state index >= 15 is 0 Å². The van der Waals surface area contributed by atoms with E-state index in [0.717, 1.165) is 0 Å². The SMILES string of the molecule is CN=C[N-]C.CN=C[N-]C.CN=C[N-]C.CN=C[N-]C.[Mo+2].[Mo+2]. The second kappa shape index (κ2) is 59.3. The van der Waals surface area contributed by atoms with Crippen molar-refractivity contribution in [2.24, 2.45) is 20.0 Å². The first-order chi connectivity index (χ1) is 9.66. The van der Waals surface area contributed by atoms with Gasteiger partial charge in [-0.1, -0.05) is 56.4 Å². The maximum absolute atomic E-state index is 3.56. The van der Waals surface area contributed by atoms with Gasteiger partial charge in [0.05, 0.1) is 0 Å². The molecular formula is C12H28Mo2N8. The quantitative estimate of drug-likeness (QED) is 0.338. The molecule has 0 saturated heterocycles. The van der Waals surface area contributed by atoms with Crippen molar-refractivity contribution in [2.75, 3.05) is 56.4 Å². The van der Waals surface area contributed by atoms with E-state index in [2.05, 4.69) is 41.2 Å². The number of aliphatic imine (C=N–C) groups is 4. The summed E-state index contributed by atoms with van der Waals surface area (Å²) >= 11 is 0. The maximum Gasteiger partial charge on any atom is 2.00 e. The van der Waals surface area contributed by atoms with Crippen molar-refractivity contribution in [1.29, 1.82) is 0 Å². The van der Waals surface area contributed by atoms with Crippen LogP contribution in [0.3, 0.4) is 0 Å². The number of nitrogens with zero attached hydrogens (tertiary/aromatic N) is 8. The minimum absolute atomic E-state index is 0. The number of hydrogen-bond acceptors (Lipinski definition) is 4. The van der Waals surface area contributed by atoms with E-state index in [4.69, 9.17) is 0 Å². The summed E-state index contributed by atoms with van der Waals surface area (Å²) in [6.07, 6.45) is 6.00. The van der Waals surface area contributed by atoms with Crippen LogP contribution >= 0.6 is 0 Å². The van der Waals surface area contributed by atoms with Crippen molar-refractivity contribution < 1.29 is 42.1 Å². The van der Waals surface area contributed by atoms with E-state index < -0.39 is 0 Å². The Hall–Kier alpha value is -0.743. The molecule has 0 aliphatic carbocycles. The van der Waals surface area contributed by atoms with Gasteiger partial charge in [0.25, 0.3) is 0 Å². The van der Waals surface area contributed by atoms with Crippen LogP contribution in [0.2, 0.25) is 0 Å². The van der Waals surface area contributed by atoms with E-state index in [-0.39, 0.29) is 42.1 Å². The smallest absolute Gasteiger partial charge is 0.475 e. The van der Waals surface area contributed by atoms with Crippen molar-refractivity contribution in [3.63, 3.8) is 0 Å². The minimum atomic E-state index is 0. The third kappa shape index (κ3) is 122. The molecule has 0 atom stereocenters. The first-order valence-corrected chi connectivity index (χ1v) is 5.64. The Kier molecular flexibility index (Phi) is 101. The first-order valence-electron chi connectivity index (χ1n) is 5.64. The van der Waals surface area contributed by atoms with Crippen molar-refractivity contribution in [2.45, 2.75) is 0 Å². The molecule has 0 aromatic heterocycles. The molecular weight excluding hydrogens is 448 g/mol. The van der Waals surface area contributed by atoms with Gasteiger partial charge in [0.15, 0.2) is 0 Å². The molecule has 0 aromatic carbocycles. The molecule has 0 spiro atoms. The third-order valence-electron chi connectivity index (χ3n) is 0.924. The molecule has 22 heavy (non-hydrogen) atoms. The molecule has 0 heterocycles. The van der Waals surface area contributed by atoms with E-state index in [0.29, 0.717) is 0 Å².